The lowest BCUT2D eigenvalue weighted by molar-refractivity contribution is 0.294. The van der Waals surface area contributed by atoms with Crippen molar-refractivity contribution < 1.29 is 0 Å². The first-order chi connectivity index (χ1) is 8.65. The van der Waals surface area contributed by atoms with E-state index < -0.39 is 0 Å². The van der Waals surface area contributed by atoms with Gasteiger partial charge in [0.2, 0.25) is 0 Å². The minimum absolute atomic E-state index is 0.656. The van der Waals surface area contributed by atoms with Crippen LogP contribution >= 0.6 is 0 Å². The van der Waals surface area contributed by atoms with E-state index in [4.69, 9.17) is 5.73 Å². The smallest absolute Gasteiger partial charge is 0.0574 e. The van der Waals surface area contributed by atoms with E-state index in [9.17, 15) is 0 Å². The van der Waals surface area contributed by atoms with Crippen LogP contribution in [0.15, 0.2) is 18.2 Å². The molecule has 1 atom stereocenters. The third kappa shape index (κ3) is 3.64. The molecule has 18 heavy (non-hydrogen) atoms. The number of benzene rings is 1. The predicted octanol–water partition coefficient (Wildman–Crippen LogP) is 2.72. The Balaban J connectivity index is 1.79. The Bertz CT molecular complexity index is 383. The first kappa shape index (κ1) is 13.2. The van der Waals surface area contributed by atoms with Crippen molar-refractivity contribution in [1.29, 1.82) is 0 Å². The number of nitrogens with one attached hydrogen (secondary N) is 1. The van der Waals surface area contributed by atoms with Crippen molar-refractivity contribution in [1.82, 2.24) is 4.90 Å². The van der Waals surface area contributed by atoms with Gasteiger partial charge in [0.1, 0.15) is 0 Å². The molecule has 0 saturated carbocycles. The molecule has 0 spiro atoms. The Morgan fingerprint density at radius 1 is 1.33 bits per heavy atom. The highest BCUT2D eigenvalue weighted by Gasteiger charge is 2.14. The topological polar surface area (TPSA) is 41.3 Å². The number of rotatable bonds is 5. The Labute approximate surface area is 110 Å². The first-order valence-corrected chi connectivity index (χ1v) is 6.97. The van der Waals surface area contributed by atoms with Gasteiger partial charge in [-0.1, -0.05) is 13.0 Å². The number of aryl methyl sites for hydroxylation is 1. The lowest BCUT2D eigenvalue weighted by Crippen LogP contribution is -2.28. The molecule has 0 aliphatic carbocycles. The first-order valence-electron chi connectivity index (χ1n) is 6.97. The van der Waals surface area contributed by atoms with Gasteiger partial charge in [-0.3, -0.25) is 0 Å². The molecular formula is C15H25N3. The van der Waals surface area contributed by atoms with Crippen molar-refractivity contribution >= 4 is 11.4 Å². The van der Waals surface area contributed by atoms with Gasteiger partial charge in [-0.15, -0.1) is 0 Å². The molecule has 1 aliphatic heterocycles. The molecule has 1 heterocycles. The van der Waals surface area contributed by atoms with Crippen LogP contribution in [-0.2, 0) is 0 Å². The second-order valence-electron chi connectivity index (χ2n) is 5.58. The van der Waals surface area contributed by atoms with Crippen LogP contribution in [0.2, 0.25) is 0 Å². The van der Waals surface area contributed by atoms with Crippen LogP contribution < -0.4 is 11.1 Å². The van der Waals surface area contributed by atoms with Gasteiger partial charge in [-0.05, 0) is 56.5 Å². The maximum absolute atomic E-state index is 6.00. The Morgan fingerprint density at radius 2 is 2.06 bits per heavy atom. The third-order valence-electron chi connectivity index (χ3n) is 3.62. The third-order valence-corrected chi connectivity index (χ3v) is 3.62. The summed E-state index contributed by atoms with van der Waals surface area (Å²) in [6, 6.07) is 6.20. The van der Waals surface area contributed by atoms with E-state index in [0.29, 0.717) is 5.92 Å². The molecule has 0 amide bonds. The van der Waals surface area contributed by atoms with Gasteiger partial charge in [0.25, 0.3) is 0 Å². The number of nitrogens with zero attached hydrogens (tertiary/aromatic N) is 1. The Morgan fingerprint density at radius 3 is 2.72 bits per heavy atom. The summed E-state index contributed by atoms with van der Waals surface area (Å²) in [6.45, 7) is 9.10. The van der Waals surface area contributed by atoms with Gasteiger partial charge in [-0.25, -0.2) is 0 Å². The molecule has 3 nitrogen and oxygen atoms in total. The van der Waals surface area contributed by atoms with E-state index in [2.05, 4.69) is 36.2 Å². The van der Waals surface area contributed by atoms with E-state index in [0.717, 1.165) is 17.9 Å². The summed E-state index contributed by atoms with van der Waals surface area (Å²) in [6.07, 6.45) is 2.73. The number of hydrogen-bond donors (Lipinski definition) is 2. The van der Waals surface area contributed by atoms with Gasteiger partial charge >= 0.3 is 0 Å². The number of nitrogens with two attached hydrogens (primary N) is 1. The highest BCUT2D eigenvalue weighted by atomic mass is 15.1. The SMILES string of the molecule is Cc1ccc(NCC(C)CN2CCCC2)c(N)c1. The van der Waals surface area contributed by atoms with Crippen molar-refractivity contribution in [3.63, 3.8) is 0 Å². The summed E-state index contributed by atoms with van der Waals surface area (Å²) in [5.74, 6) is 0.656. The quantitative estimate of drug-likeness (QED) is 0.786. The van der Waals surface area contributed by atoms with E-state index in [1.165, 1.54) is 38.0 Å². The minimum Gasteiger partial charge on any atom is -0.397 e. The molecule has 0 bridgehead atoms. The lowest BCUT2D eigenvalue weighted by atomic mass is 10.1. The average Bonchev–Trinajstić information content (AvgIpc) is 2.80. The number of hydrogen-bond acceptors (Lipinski definition) is 3. The van der Waals surface area contributed by atoms with Crippen molar-refractivity contribution in [2.45, 2.75) is 26.7 Å². The monoisotopic (exact) mass is 247 g/mol. The predicted molar refractivity (Wildman–Crippen MR) is 78.9 cm³/mol. The summed E-state index contributed by atoms with van der Waals surface area (Å²) in [5.41, 5.74) is 9.12. The van der Waals surface area contributed by atoms with Crippen molar-refractivity contribution in [3.8, 4) is 0 Å². The largest absolute Gasteiger partial charge is 0.397 e. The van der Waals surface area contributed by atoms with Gasteiger partial charge in [-0.2, -0.15) is 0 Å². The average molecular weight is 247 g/mol. The molecule has 1 aliphatic rings. The van der Waals surface area contributed by atoms with Gasteiger partial charge in [0.05, 0.1) is 11.4 Å². The molecule has 0 aromatic heterocycles. The molecule has 1 saturated heterocycles. The zero-order valence-electron chi connectivity index (χ0n) is 11.6. The molecule has 1 fully saturated rings. The summed E-state index contributed by atoms with van der Waals surface area (Å²) >= 11 is 0. The highest BCUT2D eigenvalue weighted by molar-refractivity contribution is 5.66. The fourth-order valence-electron chi connectivity index (χ4n) is 2.60. The molecular weight excluding hydrogens is 222 g/mol. The zero-order valence-corrected chi connectivity index (χ0v) is 11.6. The number of anilines is 2. The molecule has 3 heteroatoms. The van der Waals surface area contributed by atoms with Crippen LogP contribution in [-0.4, -0.2) is 31.1 Å². The van der Waals surface area contributed by atoms with E-state index in [-0.39, 0.29) is 0 Å². The Hall–Kier alpha value is -1.22. The second-order valence-corrected chi connectivity index (χ2v) is 5.58. The van der Waals surface area contributed by atoms with Crippen LogP contribution in [0, 0.1) is 12.8 Å². The van der Waals surface area contributed by atoms with Crippen LogP contribution in [0.3, 0.4) is 0 Å². The van der Waals surface area contributed by atoms with Crippen molar-refractivity contribution in [2.75, 3.05) is 37.2 Å². The van der Waals surface area contributed by atoms with E-state index in [1.54, 1.807) is 0 Å². The molecule has 1 aromatic carbocycles. The molecule has 0 radical (unpaired) electrons. The molecule has 1 aromatic rings. The normalized spacial score (nSPS) is 17.9. The molecule has 100 valence electrons. The molecule has 3 N–H and O–H groups in total. The van der Waals surface area contributed by atoms with Crippen LogP contribution in [0.5, 0.6) is 0 Å². The zero-order chi connectivity index (χ0) is 13.0. The molecule has 1 unspecified atom stereocenters. The van der Waals surface area contributed by atoms with Crippen LogP contribution in [0.25, 0.3) is 0 Å². The van der Waals surface area contributed by atoms with E-state index in [1.807, 2.05) is 6.07 Å². The maximum atomic E-state index is 6.00. The van der Waals surface area contributed by atoms with Crippen molar-refractivity contribution in [2.24, 2.45) is 5.92 Å². The van der Waals surface area contributed by atoms with Crippen molar-refractivity contribution in [3.05, 3.63) is 23.8 Å². The van der Waals surface area contributed by atoms with Gasteiger partial charge in [0, 0.05) is 13.1 Å². The fourth-order valence-corrected chi connectivity index (χ4v) is 2.60. The van der Waals surface area contributed by atoms with Gasteiger partial charge < -0.3 is 16.0 Å². The number of nitrogen functional groups attached to an aromatic ring is 1. The van der Waals surface area contributed by atoms with Gasteiger partial charge in [0.15, 0.2) is 0 Å². The second kappa shape index (κ2) is 6.10. The lowest BCUT2D eigenvalue weighted by Gasteiger charge is -2.21. The van der Waals surface area contributed by atoms with Crippen LogP contribution in [0.4, 0.5) is 11.4 Å². The summed E-state index contributed by atoms with van der Waals surface area (Å²) in [7, 11) is 0. The maximum Gasteiger partial charge on any atom is 0.0574 e. The highest BCUT2D eigenvalue weighted by Crippen LogP contribution is 2.20. The molecule has 2 rings (SSSR count). The fraction of sp³-hybridized carbons (Fsp3) is 0.600. The van der Waals surface area contributed by atoms with E-state index >= 15 is 0 Å². The standard InChI is InChI=1S/C15H25N3/c1-12-5-6-15(14(16)9-12)17-10-13(2)11-18-7-3-4-8-18/h5-6,9,13,17H,3-4,7-8,10-11,16H2,1-2H3. The summed E-state index contributed by atoms with van der Waals surface area (Å²) < 4.78 is 0. The Kier molecular flexibility index (Phi) is 4.48. The van der Waals surface area contributed by atoms with Crippen LogP contribution in [0.1, 0.15) is 25.3 Å². The summed E-state index contributed by atoms with van der Waals surface area (Å²) in [5, 5.41) is 3.46. The minimum atomic E-state index is 0.656. The number of likely N-dealkylation sites (tertiary alicyclic amines) is 1. The summed E-state index contributed by atoms with van der Waals surface area (Å²) in [4.78, 5) is 2.56.